The number of carbonyl (C=O) groups excluding carboxylic acids is 2. The van der Waals surface area contributed by atoms with Gasteiger partial charge in [0.25, 0.3) is 5.91 Å². The molecule has 2 aromatic heterocycles. The van der Waals surface area contributed by atoms with Crippen LogP contribution in [0.15, 0.2) is 18.3 Å². The van der Waals surface area contributed by atoms with Crippen molar-refractivity contribution in [1.29, 1.82) is 0 Å². The fourth-order valence-corrected chi connectivity index (χ4v) is 2.07. The van der Waals surface area contributed by atoms with E-state index in [0.717, 1.165) is 10.5 Å². The molecular formula is C12H13N5O2. The Balaban J connectivity index is 1.86. The zero-order valence-electron chi connectivity index (χ0n) is 10.6. The van der Waals surface area contributed by atoms with Gasteiger partial charge in [0.15, 0.2) is 5.65 Å². The van der Waals surface area contributed by atoms with Crippen LogP contribution in [0.2, 0.25) is 0 Å². The second kappa shape index (κ2) is 4.04. The maximum Gasteiger partial charge on any atom is 0.252 e. The monoisotopic (exact) mass is 259 g/mol. The zero-order chi connectivity index (χ0) is 13.6. The lowest BCUT2D eigenvalue weighted by Gasteiger charge is -2.08. The molecule has 1 atom stereocenters. The molecule has 98 valence electrons. The summed E-state index contributed by atoms with van der Waals surface area (Å²) in [4.78, 5) is 28.6. The highest BCUT2D eigenvalue weighted by molar-refractivity contribution is 6.06. The molecule has 3 rings (SSSR count). The Hall–Kier alpha value is -2.44. The third-order valence-electron chi connectivity index (χ3n) is 3.18. The van der Waals surface area contributed by atoms with Gasteiger partial charge in [-0.05, 0) is 24.6 Å². The molecule has 1 saturated heterocycles. The van der Waals surface area contributed by atoms with Crippen LogP contribution in [0.3, 0.4) is 0 Å². The number of amides is 2. The molecule has 0 radical (unpaired) electrons. The minimum absolute atomic E-state index is 0.143. The summed E-state index contributed by atoms with van der Waals surface area (Å²) in [5, 5.41) is 7.12. The SMILES string of the molecule is Cc1ccn2nc(NC3CC(=O)N(C)C3=O)nc2c1. The highest BCUT2D eigenvalue weighted by Gasteiger charge is 2.36. The number of likely N-dealkylation sites (N-methyl/N-ethyl adjacent to an activating group) is 1. The van der Waals surface area contributed by atoms with E-state index in [-0.39, 0.29) is 18.2 Å². The van der Waals surface area contributed by atoms with E-state index in [4.69, 9.17) is 0 Å². The van der Waals surface area contributed by atoms with Crippen molar-refractivity contribution in [3.05, 3.63) is 23.9 Å². The first-order chi connectivity index (χ1) is 9.04. The van der Waals surface area contributed by atoms with Crippen LogP contribution in [-0.4, -0.2) is 44.4 Å². The van der Waals surface area contributed by atoms with Gasteiger partial charge in [-0.3, -0.25) is 14.5 Å². The van der Waals surface area contributed by atoms with E-state index in [9.17, 15) is 9.59 Å². The summed E-state index contributed by atoms with van der Waals surface area (Å²) in [5.41, 5.74) is 1.78. The van der Waals surface area contributed by atoms with Crippen molar-refractivity contribution in [3.8, 4) is 0 Å². The predicted octanol–water partition coefficient (Wildman–Crippen LogP) is 0.207. The highest BCUT2D eigenvalue weighted by atomic mass is 16.2. The topological polar surface area (TPSA) is 79.6 Å². The van der Waals surface area contributed by atoms with Gasteiger partial charge in [0.1, 0.15) is 6.04 Å². The number of nitrogens with one attached hydrogen (secondary N) is 1. The van der Waals surface area contributed by atoms with Crippen LogP contribution in [-0.2, 0) is 9.59 Å². The van der Waals surface area contributed by atoms with Gasteiger partial charge in [0.05, 0.1) is 6.42 Å². The first kappa shape index (κ1) is 11.6. The lowest BCUT2D eigenvalue weighted by Crippen LogP contribution is -2.32. The summed E-state index contributed by atoms with van der Waals surface area (Å²) in [5.74, 6) is -0.0887. The molecule has 1 aliphatic heterocycles. The normalized spacial score (nSPS) is 19.5. The number of imide groups is 1. The summed E-state index contributed by atoms with van der Waals surface area (Å²) in [6.45, 7) is 1.97. The van der Waals surface area contributed by atoms with Crippen molar-refractivity contribution in [3.63, 3.8) is 0 Å². The first-order valence-corrected chi connectivity index (χ1v) is 5.94. The molecule has 3 heterocycles. The molecule has 1 fully saturated rings. The molecule has 7 nitrogen and oxygen atoms in total. The van der Waals surface area contributed by atoms with E-state index in [1.165, 1.54) is 7.05 Å². The number of hydrogen-bond acceptors (Lipinski definition) is 5. The molecule has 0 aromatic carbocycles. The summed E-state index contributed by atoms with van der Waals surface area (Å²) >= 11 is 0. The van der Waals surface area contributed by atoms with Gasteiger partial charge < -0.3 is 5.32 Å². The van der Waals surface area contributed by atoms with E-state index in [0.29, 0.717) is 11.6 Å². The van der Waals surface area contributed by atoms with Crippen molar-refractivity contribution in [2.75, 3.05) is 12.4 Å². The van der Waals surface area contributed by atoms with Crippen LogP contribution in [0.25, 0.3) is 5.65 Å². The Labute approximate surface area is 109 Å². The van der Waals surface area contributed by atoms with Crippen molar-refractivity contribution < 1.29 is 9.59 Å². The summed E-state index contributed by atoms with van der Waals surface area (Å²) in [6.07, 6.45) is 1.94. The van der Waals surface area contributed by atoms with Gasteiger partial charge >= 0.3 is 0 Å². The summed E-state index contributed by atoms with van der Waals surface area (Å²) in [6, 6.07) is 3.24. The van der Waals surface area contributed by atoms with Crippen molar-refractivity contribution in [2.45, 2.75) is 19.4 Å². The van der Waals surface area contributed by atoms with E-state index in [1.807, 2.05) is 19.1 Å². The fraction of sp³-hybridized carbons (Fsp3) is 0.333. The van der Waals surface area contributed by atoms with Gasteiger partial charge in [-0.25, -0.2) is 4.52 Å². The lowest BCUT2D eigenvalue weighted by atomic mass is 10.2. The smallest absolute Gasteiger partial charge is 0.252 e. The Morgan fingerprint density at radius 1 is 1.42 bits per heavy atom. The molecule has 19 heavy (non-hydrogen) atoms. The molecule has 1 unspecified atom stereocenters. The standard InChI is InChI=1S/C12H13N5O2/c1-7-3-4-17-9(5-7)14-12(15-17)13-8-6-10(18)16(2)11(8)19/h3-5,8H,6H2,1-2H3,(H,13,15). The van der Waals surface area contributed by atoms with Gasteiger partial charge in [-0.15, -0.1) is 5.10 Å². The maximum atomic E-state index is 11.8. The second-order valence-electron chi connectivity index (χ2n) is 4.63. The number of fused-ring (bicyclic) bond motifs is 1. The number of aryl methyl sites for hydroxylation is 1. The molecular weight excluding hydrogens is 246 g/mol. The molecule has 7 heteroatoms. The van der Waals surface area contributed by atoms with Crippen molar-refractivity contribution in [2.24, 2.45) is 0 Å². The summed E-state index contributed by atoms with van der Waals surface area (Å²) in [7, 11) is 1.48. The van der Waals surface area contributed by atoms with Crippen molar-refractivity contribution in [1.82, 2.24) is 19.5 Å². The summed E-state index contributed by atoms with van der Waals surface area (Å²) < 4.78 is 1.63. The molecule has 1 aliphatic rings. The Morgan fingerprint density at radius 2 is 2.21 bits per heavy atom. The van der Waals surface area contributed by atoms with Gasteiger partial charge in [-0.1, -0.05) is 0 Å². The van der Waals surface area contributed by atoms with Gasteiger partial charge in [-0.2, -0.15) is 4.98 Å². The van der Waals surface area contributed by atoms with E-state index in [1.54, 1.807) is 10.7 Å². The highest BCUT2D eigenvalue weighted by Crippen LogP contribution is 2.15. The number of nitrogens with zero attached hydrogens (tertiary/aromatic N) is 4. The van der Waals surface area contributed by atoms with Crippen LogP contribution in [0.5, 0.6) is 0 Å². The lowest BCUT2D eigenvalue weighted by molar-refractivity contribution is -0.136. The first-order valence-electron chi connectivity index (χ1n) is 5.94. The maximum absolute atomic E-state index is 11.8. The minimum atomic E-state index is -0.573. The average molecular weight is 259 g/mol. The molecule has 1 N–H and O–H groups in total. The van der Waals surface area contributed by atoms with Crippen LogP contribution < -0.4 is 5.32 Å². The molecule has 0 aliphatic carbocycles. The quantitative estimate of drug-likeness (QED) is 0.780. The molecule has 0 saturated carbocycles. The number of pyridine rings is 1. The molecule has 0 bridgehead atoms. The number of anilines is 1. The minimum Gasteiger partial charge on any atom is -0.341 e. The Morgan fingerprint density at radius 3 is 2.89 bits per heavy atom. The van der Waals surface area contributed by atoms with Crippen LogP contribution >= 0.6 is 0 Å². The fourth-order valence-electron chi connectivity index (χ4n) is 2.07. The van der Waals surface area contributed by atoms with Crippen LogP contribution in [0.4, 0.5) is 5.95 Å². The number of likely N-dealkylation sites (tertiary alicyclic amines) is 1. The number of carbonyl (C=O) groups is 2. The number of hydrogen-bond donors (Lipinski definition) is 1. The van der Waals surface area contributed by atoms with Crippen LogP contribution in [0, 0.1) is 6.92 Å². The zero-order valence-corrected chi connectivity index (χ0v) is 10.6. The third-order valence-corrected chi connectivity index (χ3v) is 3.18. The van der Waals surface area contributed by atoms with Gasteiger partial charge in [0, 0.05) is 13.2 Å². The number of rotatable bonds is 2. The van der Waals surface area contributed by atoms with E-state index >= 15 is 0 Å². The molecule has 2 amide bonds. The van der Waals surface area contributed by atoms with Crippen LogP contribution in [0.1, 0.15) is 12.0 Å². The third kappa shape index (κ3) is 1.92. The second-order valence-corrected chi connectivity index (χ2v) is 4.63. The van der Waals surface area contributed by atoms with E-state index in [2.05, 4.69) is 15.4 Å². The molecule has 2 aromatic rings. The van der Waals surface area contributed by atoms with Gasteiger partial charge in [0.2, 0.25) is 11.9 Å². The average Bonchev–Trinajstić information content (AvgIpc) is 2.86. The predicted molar refractivity (Wildman–Crippen MR) is 67.5 cm³/mol. The van der Waals surface area contributed by atoms with E-state index < -0.39 is 6.04 Å². The molecule has 0 spiro atoms. The largest absolute Gasteiger partial charge is 0.341 e. The van der Waals surface area contributed by atoms with Crippen molar-refractivity contribution >= 4 is 23.4 Å². The number of aromatic nitrogens is 3. The Bertz CT molecular complexity index is 678. The Kier molecular flexibility index (Phi) is 2.48.